The number of benzene rings is 1. The number of amides is 1. The predicted molar refractivity (Wildman–Crippen MR) is 130 cm³/mol. The molecule has 1 aromatic heterocycles. The van der Waals surface area contributed by atoms with Gasteiger partial charge in [0.2, 0.25) is 5.91 Å². The molecule has 2 aromatic rings. The molecule has 2 heterocycles. The zero-order chi connectivity index (χ0) is 23.9. The SMILES string of the molecule is CCOC(=O)c1ccccc1NC(=O)CSc1nc(=O)n(CCN2CCOCC2)c2c1CCC2. The Morgan fingerprint density at radius 1 is 1.18 bits per heavy atom. The molecule has 1 aromatic carbocycles. The molecule has 0 radical (unpaired) electrons. The maximum absolute atomic E-state index is 12.8. The van der Waals surface area contributed by atoms with E-state index in [0.29, 0.717) is 22.8 Å². The van der Waals surface area contributed by atoms with Crippen LogP contribution >= 0.6 is 11.8 Å². The monoisotopic (exact) mass is 486 g/mol. The Bertz CT molecular complexity index is 1100. The van der Waals surface area contributed by atoms with Gasteiger partial charge in [-0.2, -0.15) is 4.98 Å². The van der Waals surface area contributed by atoms with Gasteiger partial charge in [0, 0.05) is 37.4 Å². The Hall–Kier alpha value is -2.69. The highest BCUT2D eigenvalue weighted by atomic mass is 32.2. The summed E-state index contributed by atoms with van der Waals surface area (Å²) in [5, 5.41) is 3.42. The predicted octanol–water partition coefficient (Wildman–Crippen LogP) is 1.97. The Kier molecular flexibility index (Phi) is 8.36. The van der Waals surface area contributed by atoms with Gasteiger partial charge in [-0.1, -0.05) is 23.9 Å². The van der Waals surface area contributed by atoms with Crippen LogP contribution in [0.3, 0.4) is 0 Å². The summed E-state index contributed by atoms with van der Waals surface area (Å²) in [5.41, 5.74) is 2.58. The number of carbonyl (C=O) groups excluding carboxylic acids is 2. The zero-order valence-corrected chi connectivity index (χ0v) is 20.2. The minimum Gasteiger partial charge on any atom is -0.462 e. The van der Waals surface area contributed by atoms with Crippen molar-refractivity contribution in [2.75, 3.05) is 50.5 Å². The molecule has 4 rings (SSSR count). The number of thioether (sulfide) groups is 1. The quantitative estimate of drug-likeness (QED) is 0.326. The van der Waals surface area contributed by atoms with Crippen LogP contribution < -0.4 is 11.0 Å². The van der Waals surface area contributed by atoms with Gasteiger partial charge in [0.15, 0.2) is 0 Å². The van der Waals surface area contributed by atoms with Crippen molar-refractivity contribution in [3.05, 3.63) is 51.6 Å². The van der Waals surface area contributed by atoms with Crippen molar-refractivity contribution in [1.82, 2.24) is 14.5 Å². The van der Waals surface area contributed by atoms with Gasteiger partial charge in [0.1, 0.15) is 5.03 Å². The fourth-order valence-corrected chi connectivity index (χ4v) is 5.18. The minimum atomic E-state index is -0.480. The molecule has 1 fully saturated rings. The van der Waals surface area contributed by atoms with E-state index >= 15 is 0 Å². The number of esters is 1. The summed E-state index contributed by atoms with van der Waals surface area (Å²) in [4.78, 5) is 44.2. The van der Waals surface area contributed by atoms with Gasteiger partial charge in [0.05, 0.1) is 36.8 Å². The van der Waals surface area contributed by atoms with Crippen molar-refractivity contribution < 1.29 is 19.1 Å². The Balaban J connectivity index is 1.41. The molecule has 0 saturated carbocycles. The van der Waals surface area contributed by atoms with Gasteiger partial charge in [0.25, 0.3) is 0 Å². The minimum absolute atomic E-state index is 0.0911. The average molecular weight is 487 g/mol. The molecule has 1 aliphatic carbocycles. The Morgan fingerprint density at radius 2 is 1.97 bits per heavy atom. The highest BCUT2D eigenvalue weighted by Gasteiger charge is 2.23. The highest BCUT2D eigenvalue weighted by Crippen LogP contribution is 2.29. The van der Waals surface area contributed by atoms with Crippen LogP contribution in [0.15, 0.2) is 34.1 Å². The molecule has 182 valence electrons. The van der Waals surface area contributed by atoms with Crippen molar-refractivity contribution >= 4 is 29.3 Å². The standard InChI is InChI=1S/C24H30N4O5S/c1-2-33-23(30)17-6-3-4-8-19(17)25-21(29)16-34-22-18-7-5-9-20(18)28(24(31)26-22)11-10-27-12-14-32-15-13-27/h3-4,6,8H,2,5,7,9-16H2,1H3,(H,25,29). The second-order valence-corrected chi connectivity index (χ2v) is 9.15. The fourth-order valence-electron chi connectivity index (χ4n) is 4.30. The molecular formula is C24H30N4O5S. The van der Waals surface area contributed by atoms with E-state index in [4.69, 9.17) is 9.47 Å². The maximum Gasteiger partial charge on any atom is 0.348 e. The number of aromatic nitrogens is 2. The fraction of sp³-hybridized carbons (Fsp3) is 0.500. The van der Waals surface area contributed by atoms with Crippen molar-refractivity contribution in [3.63, 3.8) is 0 Å². The Morgan fingerprint density at radius 3 is 2.76 bits per heavy atom. The Labute approximate surface area is 202 Å². The molecule has 0 bridgehead atoms. The van der Waals surface area contributed by atoms with Gasteiger partial charge in [-0.25, -0.2) is 9.59 Å². The van der Waals surface area contributed by atoms with E-state index in [1.54, 1.807) is 35.8 Å². The summed E-state index contributed by atoms with van der Waals surface area (Å²) in [5.74, 6) is -0.661. The number of carbonyl (C=O) groups is 2. The molecule has 1 N–H and O–H groups in total. The van der Waals surface area contributed by atoms with Crippen molar-refractivity contribution in [2.24, 2.45) is 0 Å². The first kappa shape index (κ1) is 24.4. The van der Waals surface area contributed by atoms with Crippen LogP contribution in [-0.4, -0.2) is 71.5 Å². The highest BCUT2D eigenvalue weighted by molar-refractivity contribution is 8.00. The first-order valence-electron chi connectivity index (χ1n) is 11.7. The van der Waals surface area contributed by atoms with E-state index in [1.165, 1.54) is 11.8 Å². The lowest BCUT2D eigenvalue weighted by atomic mass is 10.2. The summed E-state index contributed by atoms with van der Waals surface area (Å²) < 4.78 is 12.3. The number of morpholine rings is 1. The van der Waals surface area contributed by atoms with Crippen LogP contribution in [0, 0.1) is 0 Å². The van der Waals surface area contributed by atoms with Gasteiger partial charge < -0.3 is 14.8 Å². The van der Waals surface area contributed by atoms with E-state index in [-0.39, 0.29) is 24.0 Å². The van der Waals surface area contributed by atoms with Gasteiger partial charge >= 0.3 is 11.7 Å². The summed E-state index contributed by atoms with van der Waals surface area (Å²) in [7, 11) is 0. The number of nitrogens with zero attached hydrogens (tertiary/aromatic N) is 3. The second-order valence-electron chi connectivity index (χ2n) is 8.19. The van der Waals surface area contributed by atoms with Crippen molar-refractivity contribution in [3.8, 4) is 0 Å². The maximum atomic E-state index is 12.8. The second kappa shape index (κ2) is 11.6. The van der Waals surface area contributed by atoms with Gasteiger partial charge in [-0.3, -0.25) is 14.3 Å². The third-order valence-corrected chi connectivity index (χ3v) is 7.00. The van der Waals surface area contributed by atoms with Gasteiger partial charge in [-0.05, 0) is 38.3 Å². The molecule has 9 nitrogen and oxygen atoms in total. The molecule has 1 saturated heterocycles. The normalized spacial score (nSPS) is 15.7. The molecule has 2 aliphatic rings. The lowest BCUT2D eigenvalue weighted by Gasteiger charge is -2.27. The van der Waals surface area contributed by atoms with Crippen LogP contribution in [0.25, 0.3) is 0 Å². The average Bonchev–Trinajstić information content (AvgIpc) is 3.33. The van der Waals surface area contributed by atoms with E-state index in [1.807, 2.05) is 0 Å². The number of nitrogens with one attached hydrogen (secondary N) is 1. The summed E-state index contributed by atoms with van der Waals surface area (Å²) in [6.07, 6.45) is 2.68. The third-order valence-electron chi connectivity index (χ3n) is 5.98. The van der Waals surface area contributed by atoms with Crippen LogP contribution in [0.4, 0.5) is 5.69 Å². The molecule has 1 amide bonds. The molecule has 0 atom stereocenters. The van der Waals surface area contributed by atoms with Crippen LogP contribution in [0.5, 0.6) is 0 Å². The number of ether oxygens (including phenoxy) is 2. The first-order chi connectivity index (χ1) is 16.6. The smallest absolute Gasteiger partial charge is 0.348 e. The number of hydrogen-bond acceptors (Lipinski definition) is 8. The number of anilines is 1. The summed E-state index contributed by atoms with van der Waals surface area (Å²) in [6, 6.07) is 6.75. The molecule has 10 heteroatoms. The topological polar surface area (TPSA) is 103 Å². The molecule has 0 spiro atoms. The zero-order valence-electron chi connectivity index (χ0n) is 19.4. The van der Waals surface area contributed by atoms with Crippen molar-refractivity contribution in [2.45, 2.75) is 37.8 Å². The number of para-hydroxylation sites is 1. The van der Waals surface area contributed by atoms with E-state index in [2.05, 4.69) is 15.2 Å². The third kappa shape index (κ3) is 5.86. The van der Waals surface area contributed by atoms with Crippen LogP contribution in [0.1, 0.15) is 35.0 Å². The van der Waals surface area contributed by atoms with Crippen LogP contribution in [-0.2, 0) is 33.7 Å². The number of hydrogen-bond donors (Lipinski definition) is 1. The molecule has 34 heavy (non-hydrogen) atoms. The van der Waals surface area contributed by atoms with E-state index < -0.39 is 5.97 Å². The van der Waals surface area contributed by atoms with Crippen LogP contribution in [0.2, 0.25) is 0 Å². The lowest BCUT2D eigenvalue weighted by Crippen LogP contribution is -2.40. The summed E-state index contributed by atoms with van der Waals surface area (Å²) >= 11 is 1.27. The van der Waals surface area contributed by atoms with E-state index in [9.17, 15) is 14.4 Å². The lowest BCUT2D eigenvalue weighted by molar-refractivity contribution is -0.113. The number of rotatable bonds is 9. The molecule has 0 unspecified atom stereocenters. The molecule has 1 aliphatic heterocycles. The molecular weight excluding hydrogens is 456 g/mol. The largest absolute Gasteiger partial charge is 0.462 e. The van der Waals surface area contributed by atoms with E-state index in [0.717, 1.165) is 63.4 Å². The summed E-state index contributed by atoms with van der Waals surface area (Å²) in [6.45, 7) is 6.62. The van der Waals surface area contributed by atoms with Crippen molar-refractivity contribution in [1.29, 1.82) is 0 Å². The number of fused-ring (bicyclic) bond motifs is 1. The first-order valence-corrected chi connectivity index (χ1v) is 12.7. The van der Waals surface area contributed by atoms with Gasteiger partial charge in [-0.15, -0.1) is 0 Å².